The SMILES string of the molecule is CCc1ccsc1-c1sc(C(=O)OC)c(N)c1CC. The molecule has 0 amide bonds. The van der Waals surface area contributed by atoms with Gasteiger partial charge in [-0.25, -0.2) is 4.79 Å². The fourth-order valence-corrected chi connectivity index (χ4v) is 4.51. The number of esters is 1. The minimum absolute atomic E-state index is 0.349. The molecule has 102 valence electrons. The molecule has 0 spiro atoms. The van der Waals surface area contributed by atoms with Crippen molar-refractivity contribution >= 4 is 34.3 Å². The Balaban J connectivity index is 2.61. The van der Waals surface area contributed by atoms with Gasteiger partial charge in [-0.3, -0.25) is 0 Å². The maximum absolute atomic E-state index is 11.8. The molecule has 3 nitrogen and oxygen atoms in total. The van der Waals surface area contributed by atoms with Gasteiger partial charge in [0, 0.05) is 4.88 Å². The molecule has 2 aromatic heterocycles. The highest BCUT2D eigenvalue weighted by Crippen LogP contribution is 2.43. The number of nitrogen functional groups attached to an aromatic ring is 1. The van der Waals surface area contributed by atoms with E-state index in [1.165, 1.54) is 28.9 Å². The number of anilines is 1. The van der Waals surface area contributed by atoms with Crippen molar-refractivity contribution in [2.75, 3.05) is 12.8 Å². The van der Waals surface area contributed by atoms with Gasteiger partial charge in [-0.15, -0.1) is 22.7 Å². The van der Waals surface area contributed by atoms with Gasteiger partial charge in [0.25, 0.3) is 0 Å². The van der Waals surface area contributed by atoms with Gasteiger partial charge in [0.05, 0.1) is 17.7 Å². The molecule has 0 atom stereocenters. The Bertz CT molecular complexity index is 599. The Labute approximate surface area is 121 Å². The first kappa shape index (κ1) is 14.1. The van der Waals surface area contributed by atoms with Gasteiger partial charge in [0.15, 0.2) is 0 Å². The largest absolute Gasteiger partial charge is 0.465 e. The molecular formula is C14H17NO2S2. The molecule has 19 heavy (non-hydrogen) atoms. The van der Waals surface area contributed by atoms with E-state index in [-0.39, 0.29) is 5.97 Å². The van der Waals surface area contributed by atoms with Gasteiger partial charge in [0.1, 0.15) is 4.88 Å². The molecule has 2 aromatic rings. The van der Waals surface area contributed by atoms with Crippen molar-refractivity contribution in [3.63, 3.8) is 0 Å². The van der Waals surface area contributed by atoms with E-state index < -0.39 is 0 Å². The molecule has 2 rings (SSSR count). The predicted octanol–water partition coefficient (Wildman–Crippen LogP) is 3.97. The van der Waals surface area contributed by atoms with Crippen molar-refractivity contribution in [3.05, 3.63) is 27.5 Å². The first-order chi connectivity index (χ1) is 9.13. The number of aryl methyl sites for hydroxylation is 1. The maximum atomic E-state index is 11.8. The van der Waals surface area contributed by atoms with E-state index in [9.17, 15) is 4.79 Å². The molecule has 0 fully saturated rings. The summed E-state index contributed by atoms with van der Waals surface area (Å²) >= 11 is 3.14. The van der Waals surface area contributed by atoms with Gasteiger partial charge < -0.3 is 10.5 Å². The summed E-state index contributed by atoms with van der Waals surface area (Å²) < 4.78 is 4.80. The van der Waals surface area contributed by atoms with Crippen LogP contribution in [0.15, 0.2) is 11.4 Å². The van der Waals surface area contributed by atoms with Crippen LogP contribution in [-0.4, -0.2) is 13.1 Å². The highest BCUT2D eigenvalue weighted by atomic mass is 32.1. The third-order valence-corrected chi connectivity index (χ3v) is 5.45. The first-order valence-electron chi connectivity index (χ1n) is 6.20. The second-order valence-electron chi connectivity index (χ2n) is 4.13. The Kier molecular flexibility index (Phi) is 4.27. The summed E-state index contributed by atoms with van der Waals surface area (Å²) in [7, 11) is 1.38. The Morgan fingerprint density at radius 1 is 1.32 bits per heavy atom. The van der Waals surface area contributed by atoms with Crippen molar-refractivity contribution in [2.45, 2.75) is 26.7 Å². The van der Waals surface area contributed by atoms with E-state index in [1.54, 1.807) is 11.3 Å². The van der Waals surface area contributed by atoms with E-state index >= 15 is 0 Å². The lowest BCUT2D eigenvalue weighted by Gasteiger charge is -2.02. The summed E-state index contributed by atoms with van der Waals surface area (Å²) in [5.41, 5.74) is 9.04. The topological polar surface area (TPSA) is 52.3 Å². The van der Waals surface area contributed by atoms with Crippen LogP contribution >= 0.6 is 22.7 Å². The molecule has 0 saturated carbocycles. The smallest absolute Gasteiger partial charge is 0.350 e. The molecule has 0 unspecified atom stereocenters. The second kappa shape index (κ2) is 5.75. The molecule has 2 N–H and O–H groups in total. The van der Waals surface area contributed by atoms with Crippen LogP contribution in [0, 0.1) is 0 Å². The summed E-state index contributed by atoms with van der Waals surface area (Å²) in [5, 5.41) is 2.08. The van der Waals surface area contributed by atoms with Crippen LogP contribution in [0.5, 0.6) is 0 Å². The second-order valence-corrected chi connectivity index (χ2v) is 6.06. The summed E-state index contributed by atoms with van der Waals surface area (Å²) in [6.45, 7) is 4.19. The van der Waals surface area contributed by atoms with Gasteiger partial charge >= 0.3 is 5.97 Å². The lowest BCUT2D eigenvalue weighted by atomic mass is 10.1. The van der Waals surface area contributed by atoms with Crippen LogP contribution < -0.4 is 5.73 Å². The van der Waals surface area contributed by atoms with Gasteiger partial charge in [-0.05, 0) is 35.4 Å². The molecule has 0 radical (unpaired) electrons. The van der Waals surface area contributed by atoms with Crippen molar-refractivity contribution < 1.29 is 9.53 Å². The van der Waals surface area contributed by atoms with E-state index in [0.717, 1.165) is 23.3 Å². The summed E-state index contributed by atoms with van der Waals surface area (Å²) in [6, 6.07) is 2.13. The van der Waals surface area contributed by atoms with Crippen LogP contribution in [0.4, 0.5) is 5.69 Å². The van der Waals surface area contributed by atoms with Crippen molar-refractivity contribution in [1.29, 1.82) is 0 Å². The van der Waals surface area contributed by atoms with Gasteiger partial charge in [-0.2, -0.15) is 0 Å². The number of rotatable bonds is 4. The number of thiophene rings is 2. The monoisotopic (exact) mass is 295 g/mol. The third-order valence-electron chi connectivity index (χ3n) is 3.11. The van der Waals surface area contributed by atoms with Crippen molar-refractivity contribution in [2.24, 2.45) is 0 Å². The fourth-order valence-electron chi connectivity index (χ4n) is 2.07. The van der Waals surface area contributed by atoms with E-state index in [0.29, 0.717) is 10.6 Å². The van der Waals surface area contributed by atoms with Crippen LogP contribution in [0.25, 0.3) is 9.75 Å². The molecule has 2 heterocycles. The average Bonchev–Trinajstić information content (AvgIpc) is 3.01. The van der Waals surface area contributed by atoms with Gasteiger partial charge in [-0.1, -0.05) is 13.8 Å². The summed E-state index contributed by atoms with van der Waals surface area (Å²) in [5.74, 6) is -0.349. The number of methoxy groups -OCH3 is 1. The summed E-state index contributed by atoms with van der Waals surface area (Å²) in [6.07, 6.45) is 1.79. The molecular weight excluding hydrogens is 278 g/mol. The normalized spacial score (nSPS) is 10.7. The minimum Gasteiger partial charge on any atom is -0.465 e. The highest BCUT2D eigenvalue weighted by Gasteiger charge is 2.22. The van der Waals surface area contributed by atoms with E-state index in [1.807, 2.05) is 0 Å². The molecule has 0 aliphatic carbocycles. The fraction of sp³-hybridized carbons (Fsp3) is 0.357. The number of nitrogens with two attached hydrogens (primary N) is 1. The first-order valence-corrected chi connectivity index (χ1v) is 7.89. The lowest BCUT2D eigenvalue weighted by Crippen LogP contribution is -2.02. The minimum atomic E-state index is -0.349. The molecule has 0 bridgehead atoms. The number of ether oxygens (including phenoxy) is 1. The van der Waals surface area contributed by atoms with E-state index in [4.69, 9.17) is 10.5 Å². The lowest BCUT2D eigenvalue weighted by molar-refractivity contribution is 0.0607. The third kappa shape index (κ3) is 2.40. The zero-order chi connectivity index (χ0) is 14.0. The molecule has 0 aromatic carbocycles. The number of hydrogen-bond donors (Lipinski definition) is 1. The zero-order valence-electron chi connectivity index (χ0n) is 11.3. The van der Waals surface area contributed by atoms with Crippen molar-refractivity contribution in [1.82, 2.24) is 0 Å². The van der Waals surface area contributed by atoms with Crippen LogP contribution in [0.3, 0.4) is 0 Å². The number of carbonyl (C=O) groups is 1. The Morgan fingerprint density at radius 3 is 2.63 bits per heavy atom. The van der Waals surface area contributed by atoms with E-state index in [2.05, 4.69) is 25.3 Å². The standard InChI is InChI=1S/C14H17NO2S2/c1-4-8-6-7-18-11(8)12-9(5-2)10(15)13(19-12)14(16)17-3/h6-7H,4-5,15H2,1-3H3. The molecule has 0 saturated heterocycles. The Hall–Kier alpha value is -1.33. The van der Waals surface area contributed by atoms with Crippen LogP contribution in [-0.2, 0) is 17.6 Å². The van der Waals surface area contributed by atoms with Crippen LogP contribution in [0.2, 0.25) is 0 Å². The quantitative estimate of drug-likeness (QED) is 0.868. The molecule has 0 aliphatic rings. The number of hydrogen-bond acceptors (Lipinski definition) is 5. The average molecular weight is 295 g/mol. The number of carbonyl (C=O) groups excluding carboxylic acids is 1. The molecule has 5 heteroatoms. The van der Waals surface area contributed by atoms with Crippen molar-refractivity contribution in [3.8, 4) is 9.75 Å². The summed E-state index contributed by atoms with van der Waals surface area (Å²) in [4.78, 5) is 14.6. The van der Waals surface area contributed by atoms with Crippen LogP contribution in [0.1, 0.15) is 34.6 Å². The molecule has 0 aliphatic heterocycles. The highest BCUT2D eigenvalue weighted by molar-refractivity contribution is 7.23. The zero-order valence-corrected chi connectivity index (χ0v) is 12.9. The van der Waals surface area contributed by atoms with Gasteiger partial charge in [0.2, 0.25) is 0 Å². The maximum Gasteiger partial charge on any atom is 0.350 e. The Morgan fingerprint density at radius 2 is 2.05 bits per heavy atom. The predicted molar refractivity (Wildman–Crippen MR) is 82.1 cm³/mol.